The number of nitrogens with one attached hydrogen (secondary N) is 3. The van der Waals surface area contributed by atoms with Crippen LogP contribution in [0.2, 0.25) is 0 Å². The number of anilines is 2. The number of amides is 2. The first-order chi connectivity index (χ1) is 19.1. The van der Waals surface area contributed by atoms with Crippen LogP contribution in [0.15, 0.2) is 96.6 Å². The fraction of sp³-hybridized carbons (Fsp3) is 0.100. The fourth-order valence-electron chi connectivity index (χ4n) is 4.12. The van der Waals surface area contributed by atoms with Gasteiger partial charge in [-0.2, -0.15) is 5.26 Å². The zero-order chi connectivity index (χ0) is 27.0. The van der Waals surface area contributed by atoms with Crippen LogP contribution in [0.5, 0.6) is 0 Å². The maximum absolute atomic E-state index is 13.1. The Morgan fingerprint density at radius 2 is 1.72 bits per heavy atom. The predicted molar refractivity (Wildman–Crippen MR) is 153 cm³/mol. The molecule has 0 aliphatic rings. The van der Waals surface area contributed by atoms with Crippen LogP contribution >= 0.6 is 11.3 Å². The molecule has 0 spiro atoms. The minimum Gasteiger partial charge on any atom is -0.341 e. The lowest BCUT2D eigenvalue weighted by Gasteiger charge is -2.18. The molecule has 0 aliphatic heterocycles. The molecule has 0 fully saturated rings. The van der Waals surface area contributed by atoms with Crippen LogP contribution in [0.25, 0.3) is 22.0 Å². The van der Waals surface area contributed by atoms with Gasteiger partial charge >= 0.3 is 0 Å². The van der Waals surface area contributed by atoms with Gasteiger partial charge in [0, 0.05) is 41.0 Å². The molecule has 39 heavy (non-hydrogen) atoms. The lowest BCUT2D eigenvalue weighted by atomic mass is 10.0. The van der Waals surface area contributed by atoms with Crippen molar-refractivity contribution in [1.29, 1.82) is 5.26 Å². The molecule has 0 radical (unpaired) electrons. The van der Waals surface area contributed by atoms with E-state index in [0.717, 1.165) is 38.4 Å². The third-order valence-corrected chi connectivity index (χ3v) is 6.85. The zero-order valence-corrected chi connectivity index (χ0v) is 21.6. The quantitative estimate of drug-likeness (QED) is 0.228. The first-order valence-electron chi connectivity index (χ1n) is 12.3. The molecule has 2 aromatic heterocycles. The van der Waals surface area contributed by atoms with Crippen molar-refractivity contribution in [2.75, 3.05) is 11.9 Å². The van der Waals surface area contributed by atoms with Crippen molar-refractivity contribution in [3.8, 4) is 17.3 Å². The van der Waals surface area contributed by atoms with Crippen molar-refractivity contribution in [1.82, 2.24) is 20.6 Å². The second kappa shape index (κ2) is 12.0. The Balaban J connectivity index is 1.28. The molecule has 192 valence electrons. The van der Waals surface area contributed by atoms with Crippen molar-refractivity contribution in [2.45, 2.75) is 12.5 Å². The molecule has 0 bridgehead atoms. The minimum atomic E-state index is -0.841. The number of pyridine rings is 1. The standard InChI is InChI=1S/C30H24N6O2S/c31-13-16-33-29(38)26(18-20-5-6-21-3-1-2-4-24(21)17-20)35-28(37)23-9-7-22(8-10-23)27-19-39-30(36-27)34-25-11-14-32-15-12-25/h1-12,14-15,17,19,26H,16,18H2,(H,33,38)(H,35,37)(H,32,34,36)/t26-/m0/s1. The van der Waals surface area contributed by atoms with Crippen molar-refractivity contribution in [3.63, 3.8) is 0 Å². The van der Waals surface area contributed by atoms with Gasteiger partial charge in [0.1, 0.15) is 12.6 Å². The van der Waals surface area contributed by atoms with Crippen molar-refractivity contribution in [3.05, 3.63) is 108 Å². The van der Waals surface area contributed by atoms with E-state index in [0.29, 0.717) is 5.56 Å². The Bertz CT molecular complexity index is 1640. The highest BCUT2D eigenvalue weighted by Crippen LogP contribution is 2.27. The maximum atomic E-state index is 13.1. The van der Waals surface area contributed by atoms with Gasteiger partial charge < -0.3 is 16.0 Å². The molecular weight excluding hydrogens is 508 g/mol. The molecule has 1 atom stereocenters. The number of nitriles is 1. The Kier molecular flexibility index (Phi) is 7.86. The monoisotopic (exact) mass is 532 g/mol. The van der Waals surface area contributed by atoms with Gasteiger partial charge in [-0.25, -0.2) is 4.98 Å². The highest BCUT2D eigenvalue weighted by Gasteiger charge is 2.22. The third kappa shape index (κ3) is 6.44. The van der Waals surface area contributed by atoms with Crippen molar-refractivity contribution in [2.24, 2.45) is 0 Å². The van der Waals surface area contributed by atoms with Crippen molar-refractivity contribution < 1.29 is 9.59 Å². The number of rotatable bonds is 9. The van der Waals surface area contributed by atoms with Gasteiger partial charge in [0.25, 0.3) is 5.91 Å². The number of fused-ring (bicyclic) bond motifs is 1. The van der Waals surface area contributed by atoms with Crippen LogP contribution in [0.3, 0.4) is 0 Å². The molecule has 3 N–H and O–H groups in total. The van der Waals surface area contributed by atoms with Gasteiger partial charge in [-0.3, -0.25) is 14.6 Å². The summed E-state index contributed by atoms with van der Waals surface area (Å²) in [6, 6.07) is 25.8. The molecule has 9 heteroatoms. The Morgan fingerprint density at radius 1 is 0.949 bits per heavy atom. The summed E-state index contributed by atoms with van der Waals surface area (Å²) in [6.45, 7) is -0.136. The average Bonchev–Trinajstić information content (AvgIpc) is 3.44. The lowest BCUT2D eigenvalue weighted by Crippen LogP contribution is -2.48. The van der Waals surface area contributed by atoms with Gasteiger partial charge in [0.05, 0.1) is 11.8 Å². The number of carbonyl (C=O) groups excluding carboxylic acids is 2. The average molecular weight is 533 g/mol. The molecule has 0 saturated heterocycles. The second-order valence-electron chi connectivity index (χ2n) is 8.76. The molecule has 2 heterocycles. The minimum absolute atomic E-state index is 0.136. The van der Waals surface area contributed by atoms with Crippen LogP contribution in [0.1, 0.15) is 15.9 Å². The van der Waals surface area contributed by atoms with Crippen molar-refractivity contribution >= 4 is 44.7 Å². The normalized spacial score (nSPS) is 11.4. The molecule has 0 unspecified atom stereocenters. The Morgan fingerprint density at radius 3 is 2.49 bits per heavy atom. The van der Waals surface area contributed by atoms with E-state index in [1.165, 1.54) is 11.3 Å². The molecular formula is C30H24N6O2S. The molecule has 8 nitrogen and oxygen atoms in total. The highest BCUT2D eigenvalue weighted by molar-refractivity contribution is 7.14. The summed E-state index contributed by atoms with van der Waals surface area (Å²) >= 11 is 1.48. The van der Waals surface area contributed by atoms with E-state index in [4.69, 9.17) is 5.26 Å². The Labute approximate surface area is 229 Å². The number of hydrogen-bond donors (Lipinski definition) is 3. The van der Waals surface area contributed by atoms with E-state index in [1.807, 2.05) is 78.2 Å². The number of carbonyl (C=O) groups is 2. The van der Waals surface area contributed by atoms with Crippen LogP contribution in [0.4, 0.5) is 10.8 Å². The van der Waals surface area contributed by atoms with E-state index >= 15 is 0 Å². The van der Waals surface area contributed by atoms with E-state index < -0.39 is 11.9 Å². The number of aromatic nitrogens is 2. The Hall–Kier alpha value is -5.07. The molecule has 3 aromatic carbocycles. The summed E-state index contributed by atoms with van der Waals surface area (Å²) in [4.78, 5) is 34.6. The molecule has 5 aromatic rings. The van der Waals surface area contributed by atoms with Gasteiger partial charge in [0.2, 0.25) is 5.91 Å². The molecule has 2 amide bonds. The summed E-state index contributed by atoms with van der Waals surface area (Å²) in [7, 11) is 0. The topological polar surface area (TPSA) is 120 Å². The SMILES string of the molecule is N#CCNC(=O)[C@H](Cc1ccc2ccccc2c1)NC(=O)c1ccc(-c2csc(Nc3ccncc3)n2)cc1. The van der Waals surface area contributed by atoms with Crippen LogP contribution in [-0.2, 0) is 11.2 Å². The van der Waals surface area contributed by atoms with E-state index in [2.05, 4.69) is 25.9 Å². The van der Waals surface area contributed by atoms with Crippen LogP contribution in [0, 0.1) is 11.3 Å². The molecule has 0 aliphatic carbocycles. The fourth-order valence-corrected chi connectivity index (χ4v) is 4.86. The maximum Gasteiger partial charge on any atom is 0.251 e. The number of hydrogen-bond acceptors (Lipinski definition) is 7. The second-order valence-corrected chi connectivity index (χ2v) is 9.62. The van der Waals surface area contributed by atoms with Gasteiger partial charge in [0.15, 0.2) is 5.13 Å². The number of nitrogens with zero attached hydrogens (tertiary/aromatic N) is 3. The van der Waals surface area contributed by atoms with Crippen LogP contribution < -0.4 is 16.0 Å². The predicted octanol–water partition coefficient (Wildman–Crippen LogP) is 5.08. The summed E-state index contributed by atoms with van der Waals surface area (Å²) < 4.78 is 0. The lowest BCUT2D eigenvalue weighted by molar-refractivity contribution is -0.122. The van der Waals surface area contributed by atoms with E-state index in [1.54, 1.807) is 24.5 Å². The highest BCUT2D eigenvalue weighted by atomic mass is 32.1. The smallest absolute Gasteiger partial charge is 0.251 e. The summed E-state index contributed by atoms with van der Waals surface area (Å²) in [6.07, 6.45) is 3.71. The summed E-state index contributed by atoms with van der Waals surface area (Å²) in [5.74, 6) is -0.788. The summed E-state index contributed by atoms with van der Waals surface area (Å²) in [5.41, 5.74) is 3.87. The van der Waals surface area contributed by atoms with Gasteiger partial charge in [-0.15, -0.1) is 11.3 Å². The van der Waals surface area contributed by atoms with Gasteiger partial charge in [-0.05, 0) is 40.6 Å². The zero-order valence-electron chi connectivity index (χ0n) is 20.8. The molecule has 0 saturated carbocycles. The number of thiazole rings is 1. The van der Waals surface area contributed by atoms with E-state index in [9.17, 15) is 9.59 Å². The number of benzene rings is 3. The first-order valence-corrected chi connectivity index (χ1v) is 13.1. The summed E-state index contributed by atoms with van der Waals surface area (Å²) in [5, 5.41) is 22.4. The van der Waals surface area contributed by atoms with E-state index in [-0.39, 0.29) is 18.9 Å². The third-order valence-electron chi connectivity index (χ3n) is 6.10. The largest absolute Gasteiger partial charge is 0.341 e. The first kappa shape index (κ1) is 25.6. The van der Waals surface area contributed by atoms with Crippen LogP contribution in [-0.4, -0.2) is 34.4 Å². The molecule has 5 rings (SSSR count). The van der Waals surface area contributed by atoms with Gasteiger partial charge in [-0.1, -0.05) is 54.6 Å².